The van der Waals surface area contributed by atoms with Gasteiger partial charge in [-0.3, -0.25) is 9.78 Å². The van der Waals surface area contributed by atoms with Crippen molar-refractivity contribution in [3.8, 4) is 17.3 Å². The van der Waals surface area contributed by atoms with Gasteiger partial charge in [-0.1, -0.05) is 32.9 Å². The van der Waals surface area contributed by atoms with Gasteiger partial charge in [0.1, 0.15) is 0 Å². The van der Waals surface area contributed by atoms with Crippen LogP contribution in [0.25, 0.3) is 11.3 Å². The van der Waals surface area contributed by atoms with Gasteiger partial charge in [0.15, 0.2) is 5.78 Å². The predicted molar refractivity (Wildman–Crippen MR) is 78.2 cm³/mol. The van der Waals surface area contributed by atoms with Crippen LogP contribution in [0.15, 0.2) is 42.6 Å². The fourth-order valence-corrected chi connectivity index (χ4v) is 1.91. The lowest BCUT2D eigenvalue weighted by molar-refractivity contribution is 0.0858. The Bertz CT molecular complexity index is 691. The van der Waals surface area contributed by atoms with E-state index in [0.29, 0.717) is 16.8 Å². The van der Waals surface area contributed by atoms with Gasteiger partial charge in [-0.05, 0) is 24.3 Å². The SMILES string of the molecule is CC(C)(C)C(=O)c1ccnc(-c2cccc(C#N)c2)c1. The van der Waals surface area contributed by atoms with Crippen molar-refractivity contribution in [3.63, 3.8) is 0 Å². The van der Waals surface area contributed by atoms with Gasteiger partial charge < -0.3 is 0 Å². The molecule has 0 saturated heterocycles. The molecule has 0 aliphatic rings. The quantitative estimate of drug-likeness (QED) is 0.774. The molecule has 0 unspecified atom stereocenters. The third-order valence-corrected chi connectivity index (χ3v) is 2.99. The van der Waals surface area contributed by atoms with Gasteiger partial charge in [-0.25, -0.2) is 0 Å². The number of benzene rings is 1. The molecular formula is C17H16N2O. The summed E-state index contributed by atoms with van der Waals surface area (Å²) in [6.07, 6.45) is 1.63. The maximum absolute atomic E-state index is 12.3. The molecule has 1 heterocycles. The Morgan fingerprint density at radius 2 is 1.95 bits per heavy atom. The molecule has 100 valence electrons. The van der Waals surface area contributed by atoms with Crippen LogP contribution in [-0.4, -0.2) is 10.8 Å². The zero-order valence-electron chi connectivity index (χ0n) is 11.8. The molecule has 1 aromatic heterocycles. The number of nitriles is 1. The molecule has 3 heteroatoms. The number of aromatic nitrogens is 1. The highest BCUT2D eigenvalue weighted by Gasteiger charge is 2.23. The maximum Gasteiger partial charge on any atom is 0.168 e. The standard InChI is InChI=1S/C17H16N2O/c1-17(2,3)16(20)14-7-8-19-15(10-14)13-6-4-5-12(9-13)11-18/h4-10H,1-3H3. The molecule has 0 saturated carbocycles. The molecule has 0 spiro atoms. The van der Waals surface area contributed by atoms with Crippen molar-refractivity contribution in [2.75, 3.05) is 0 Å². The Labute approximate surface area is 118 Å². The highest BCUT2D eigenvalue weighted by Crippen LogP contribution is 2.24. The predicted octanol–water partition coefficient (Wildman–Crippen LogP) is 3.85. The highest BCUT2D eigenvalue weighted by atomic mass is 16.1. The minimum Gasteiger partial charge on any atom is -0.294 e. The van der Waals surface area contributed by atoms with Crippen LogP contribution >= 0.6 is 0 Å². The van der Waals surface area contributed by atoms with Gasteiger partial charge in [-0.2, -0.15) is 5.26 Å². The summed E-state index contributed by atoms with van der Waals surface area (Å²) in [5, 5.41) is 8.93. The monoisotopic (exact) mass is 264 g/mol. The third kappa shape index (κ3) is 2.92. The minimum absolute atomic E-state index is 0.0811. The van der Waals surface area contributed by atoms with Crippen LogP contribution < -0.4 is 0 Å². The number of ketones is 1. The van der Waals surface area contributed by atoms with E-state index in [1.165, 1.54) is 0 Å². The molecule has 3 nitrogen and oxygen atoms in total. The van der Waals surface area contributed by atoms with Crippen LogP contribution in [-0.2, 0) is 0 Å². The van der Waals surface area contributed by atoms with Crippen LogP contribution in [0.3, 0.4) is 0 Å². The van der Waals surface area contributed by atoms with Crippen molar-refractivity contribution in [3.05, 3.63) is 53.7 Å². The van der Waals surface area contributed by atoms with E-state index in [1.54, 1.807) is 30.5 Å². The van der Waals surface area contributed by atoms with Crippen LogP contribution in [0, 0.1) is 16.7 Å². The van der Waals surface area contributed by atoms with Crippen LogP contribution in [0.4, 0.5) is 0 Å². The Morgan fingerprint density at radius 3 is 2.60 bits per heavy atom. The van der Waals surface area contributed by atoms with E-state index >= 15 is 0 Å². The molecule has 0 atom stereocenters. The molecule has 0 fully saturated rings. The van der Waals surface area contributed by atoms with Crippen molar-refractivity contribution < 1.29 is 4.79 Å². The number of Topliss-reactive ketones (excluding diaryl/α,β-unsaturated/α-hetero) is 1. The zero-order chi connectivity index (χ0) is 14.8. The van der Waals surface area contributed by atoms with E-state index in [0.717, 1.165) is 5.56 Å². The smallest absolute Gasteiger partial charge is 0.168 e. The number of pyridine rings is 1. The summed E-state index contributed by atoms with van der Waals surface area (Å²) >= 11 is 0. The van der Waals surface area contributed by atoms with Gasteiger partial charge in [-0.15, -0.1) is 0 Å². The summed E-state index contributed by atoms with van der Waals surface area (Å²) in [4.78, 5) is 16.6. The van der Waals surface area contributed by atoms with Crippen LogP contribution in [0.1, 0.15) is 36.7 Å². The first kappa shape index (κ1) is 14.0. The molecule has 2 rings (SSSR count). The molecule has 0 aliphatic heterocycles. The molecule has 0 bridgehead atoms. The van der Waals surface area contributed by atoms with Gasteiger partial charge in [0, 0.05) is 22.7 Å². The van der Waals surface area contributed by atoms with E-state index < -0.39 is 5.41 Å². The van der Waals surface area contributed by atoms with Crippen molar-refractivity contribution in [1.82, 2.24) is 4.98 Å². The summed E-state index contributed by atoms with van der Waals surface area (Å²) in [7, 11) is 0. The second-order valence-electron chi connectivity index (χ2n) is 5.70. The lowest BCUT2D eigenvalue weighted by Gasteiger charge is -2.16. The van der Waals surface area contributed by atoms with E-state index in [9.17, 15) is 4.79 Å². The lowest BCUT2D eigenvalue weighted by Crippen LogP contribution is -2.20. The average molecular weight is 264 g/mol. The Balaban J connectivity index is 2.45. The first-order chi connectivity index (χ1) is 9.41. The Kier molecular flexibility index (Phi) is 3.67. The second kappa shape index (κ2) is 5.26. The highest BCUT2D eigenvalue weighted by molar-refractivity contribution is 6.00. The van der Waals surface area contributed by atoms with Gasteiger partial charge in [0.05, 0.1) is 17.3 Å². The Hall–Kier alpha value is -2.47. The van der Waals surface area contributed by atoms with Gasteiger partial charge in [0.25, 0.3) is 0 Å². The number of hydrogen-bond acceptors (Lipinski definition) is 3. The summed E-state index contributed by atoms with van der Waals surface area (Å²) in [5.41, 5.74) is 2.35. The average Bonchev–Trinajstić information content (AvgIpc) is 2.45. The number of rotatable bonds is 2. The number of carbonyl (C=O) groups is 1. The van der Waals surface area contributed by atoms with E-state index in [4.69, 9.17) is 5.26 Å². The topological polar surface area (TPSA) is 53.8 Å². The van der Waals surface area contributed by atoms with Crippen molar-refractivity contribution in [2.45, 2.75) is 20.8 Å². The third-order valence-electron chi connectivity index (χ3n) is 2.99. The van der Waals surface area contributed by atoms with Crippen LogP contribution in [0.2, 0.25) is 0 Å². The summed E-state index contributed by atoms with van der Waals surface area (Å²) < 4.78 is 0. The van der Waals surface area contributed by atoms with Crippen molar-refractivity contribution >= 4 is 5.78 Å². The molecule has 2 aromatic rings. The van der Waals surface area contributed by atoms with Crippen LogP contribution in [0.5, 0.6) is 0 Å². The summed E-state index contributed by atoms with van der Waals surface area (Å²) in [6.45, 7) is 5.68. The van der Waals surface area contributed by atoms with Crippen molar-refractivity contribution in [2.24, 2.45) is 5.41 Å². The largest absolute Gasteiger partial charge is 0.294 e. The van der Waals surface area contributed by atoms with Gasteiger partial charge >= 0.3 is 0 Å². The summed E-state index contributed by atoms with van der Waals surface area (Å²) in [6, 6.07) is 12.8. The maximum atomic E-state index is 12.3. The molecule has 20 heavy (non-hydrogen) atoms. The Morgan fingerprint density at radius 1 is 1.20 bits per heavy atom. The van der Waals surface area contributed by atoms with E-state index in [-0.39, 0.29) is 5.78 Å². The van der Waals surface area contributed by atoms with Gasteiger partial charge in [0.2, 0.25) is 0 Å². The molecule has 0 amide bonds. The number of hydrogen-bond donors (Lipinski definition) is 0. The van der Waals surface area contributed by atoms with E-state index in [1.807, 2.05) is 32.9 Å². The fraction of sp³-hybridized carbons (Fsp3) is 0.235. The molecule has 1 aromatic carbocycles. The molecular weight excluding hydrogens is 248 g/mol. The first-order valence-corrected chi connectivity index (χ1v) is 6.43. The second-order valence-corrected chi connectivity index (χ2v) is 5.70. The van der Waals surface area contributed by atoms with Crippen molar-refractivity contribution in [1.29, 1.82) is 5.26 Å². The molecule has 0 radical (unpaired) electrons. The zero-order valence-corrected chi connectivity index (χ0v) is 11.8. The number of nitrogens with zero attached hydrogens (tertiary/aromatic N) is 2. The molecule has 0 aliphatic carbocycles. The number of carbonyl (C=O) groups excluding carboxylic acids is 1. The fourth-order valence-electron chi connectivity index (χ4n) is 1.91. The molecule has 0 N–H and O–H groups in total. The van der Waals surface area contributed by atoms with E-state index in [2.05, 4.69) is 11.1 Å². The summed E-state index contributed by atoms with van der Waals surface area (Å²) in [5.74, 6) is 0.0811. The minimum atomic E-state index is -0.423. The lowest BCUT2D eigenvalue weighted by atomic mass is 9.86. The normalized spacial score (nSPS) is 10.9. The first-order valence-electron chi connectivity index (χ1n) is 6.43.